The van der Waals surface area contributed by atoms with E-state index in [9.17, 15) is 14.4 Å². The Balaban J connectivity index is 1.76. The van der Waals surface area contributed by atoms with Gasteiger partial charge in [0, 0.05) is 25.7 Å². The molecule has 1 aliphatic heterocycles. The molecule has 0 aliphatic carbocycles. The summed E-state index contributed by atoms with van der Waals surface area (Å²) >= 11 is 0. The molecular formula is C16H24N4O4. The first-order valence-corrected chi connectivity index (χ1v) is 8.17. The van der Waals surface area contributed by atoms with Crippen molar-refractivity contribution in [1.82, 2.24) is 20.9 Å². The van der Waals surface area contributed by atoms with Crippen molar-refractivity contribution in [3.8, 4) is 0 Å². The molecule has 0 spiro atoms. The Morgan fingerprint density at radius 2 is 2.04 bits per heavy atom. The van der Waals surface area contributed by atoms with E-state index in [1.165, 1.54) is 12.5 Å². The summed E-state index contributed by atoms with van der Waals surface area (Å²) in [6.45, 7) is 5.39. The summed E-state index contributed by atoms with van der Waals surface area (Å²) in [7, 11) is 0. The monoisotopic (exact) mass is 336 g/mol. The van der Waals surface area contributed by atoms with E-state index in [-0.39, 0.29) is 17.9 Å². The average Bonchev–Trinajstić information content (AvgIpc) is 3.09. The smallest absolute Gasteiger partial charge is 0.321 e. The molecule has 0 radical (unpaired) electrons. The maximum atomic E-state index is 12.0. The molecule has 1 aliphatic rings. The number of hydrogen-bond acceptors (Lipinski definition) is 5. The lowest BCUT2D eigenvalue weighted by atomic mass is 10.0. The van der Waals surface area contributed by atoms with E-state index in [0.717, 1.165) is 12.8 Å². The molecule has 0 aromatic carbocycles. The predicted molar refractivity (Wildman–Crippen MR) is 87.4 cm³/mol. The number of hydrogen-bond donors (Lipinski definition) is 3. The molecule has 1 saturated heterocycles. The van der Waals surface area contributed by atoms with E-state index in [1.54, 1.807) is 19.9 Å². The van der Waals surface area contributed by atoms with E-state index in [0.29, 0.717) is 25.2 Å². The van der Waals surface area contributed by atoms with Gasteiger partial charge in [-0.1, -0.05) is 0 Å². The fourth-order valence-corrected chi connectivity index (χ4v) is 2.68. The Bertz CT molecular complexity index is 565. The van der Waals surface area contributed by atoms with Crippen LogP contribution in [0.3, 0.4) is 0 Å². The first kappa shape index (κ1) is 18.0. The highest BCUT2D eigenvalue weighted by Crippen LogP contribution is 2.14. The van der Waals surface area contributed by atoms with Crippen molar-refractivity contribution >= 4 is 17.8 Å². The highest BCUT2D eigenvalue weighted by Gasteiger charge is 2.28. The van der Waals surface area contributed by atoms with Crippen LogP contribution in [0.5, 0.6) is 0 Å². The summed E-state index contributed by atoms with van der Waals surface area (Å²) in [5.41, 5.74) is 0.507. The second-order valence-electron chi connectivity index (χ2n) is 5.82. The summed E-state index contributed by atoms with van der Waals surface area (Å²) in [6.07, 6.45) is 4.38. The summed E-state index contributed by atoms with van der Waals surface area (Å²) in [5, 5.41) is 7.83. The first-order chi connectivity index (χ1) is 11.5. The van der Waals surface area contributed by atoms with E-state index in [2.05, 4.69) is 16.0 Å². The van der Waals surface area contributed by atoms with Crippen molar-refractivity contribution in [2.75, 3.05) is 19.6 Å². The second-order valence-corrected chi connectivity index (χ2v) is 5.82. The lowest BCUT2D eigenvalue weighted by molar-refractivity contribution is -0.125. The Morgan fingerprint density at radius 3 is 2.62 bits per heavy atom. The molecule has 1 atom stereocenters. The number of nitrogens with zero attached hydrogens (tertiary/aromatic N) is 1. The van der Waals surface area contributed by atoms with Crippen LogP contribution < -0.4 is 16.0 Å². The summed E-state index contributed by atoms with van der Waals surface area (Å²) in [4.78, 5) is 37.5. The first-order valence-electron chi connectivity index (χ1n) is 8.17. The molecule has 1 aromatic heterocycles. The average molecular weight is 336 g/mol. The van der Waals surface area contributed by atoms with Crippen LogP contribution in [0.1, 0.15) is 37.0 Å². The fraction of sp³-hybridized carbons (Fsp3) is 0.562. The van der Waals surface area contributed by atoms with Gasteiger partial charge in [0.1, 0.15) is 6.26 Å². The maximum Gasteiger partial charge on any atom is 0.321 e. The van der Waals surface area contributed by atoms with Crippen molar-refractivity contribution in [3.63, 3.8) is 0 Å². The predicted octanol–water partition coefficient (Wildman–Crippen LogP) is 0.708. The number of imide groups is 1. The van der Waals surface area contributed by atoms with Gasteiger partial charge in [-0.3, -0.25) is 19.8 Å². The normalized spacial score (nSPS) is 17.1. The molecule has 132 valence electrons. The van der Waals surface area contributed by atoms with Crippen LogP contribution in [0.25, 0.3) is 0 Å². The van der Waals surface area contributed by atoms with E-state index in [1.807, 2.05) is 4.90 Å². The third kappa shape index (κ3) is 4.82. The second kappa shape index (κ2) is 8.49. The number of furan rings is 1. The number of piperidine rings is 1. The molecule has 8 heteroatoms. The van der Waals surface area contributed by atoms with Crippen LogP contribution in [0, 0.1) is 0 Å². The van der Waals surface area contributed by atoms with Crippen LogP contribution in [0.4, 0.5) is 4.79 Å². The quantitative estimate of drug-likeness (QED) is 0.735. The minimum Gasteiger partial charge on any atom is -0.472 e. The molecule has 0 unspecified atom stereocenters. The van der Waals surface area contributed by atoms with Gasteiger partial charge >= 0.3 is 6.03 Å². The maximum absolute atomic E-state index is 12.0. The van der Waals surface area contributed by atoms with Crippen molar-refractivity contribution in [2.24, 2.45) is 0 Å². The van der Waals surface area contributed by atoms with Gasteiger partial charge in [0.15, 0.2) is 0 Å². The zero-order valence-corrected chi connectivity index (χ0v) is 14.0. The van der Waals surface area contributed by atoms with Gasteiger partial charge in [-0.2, -0.15) is 0 Å². The topological polar surface area (TPSA) is 104 Å². The molecule has 2 heterocycles. The number of amides is 4. The molecule has 0 bridgehead atoms. The molecule has 1 fully saturated rings. The fourth-order valence-electron chi connectivity index (χ4n) is 2.68. The van der Waals surface area contributed by atoms with Crippen molar-refractivity contribution in [3.05, 3.63) is 24.2 Å². The van der Waals surface area contributed by atoms with Crippen molar-refractivity contribution < 1.29 is 18.8 Å². The lowest BCUT2D eigenvalue weighted by Gasteiger charge is -2.35. The zero-order valence-electron chi connectivity index (χ0n) is 14.0. The minimum absolute atomic E-state index is 0.0716. The molecule has 8 nitrogen and oxygen atoms in total. The highest BCUT2D eigenvalue weighted by molar-refractivity contribution is 5.96. The standard InChI is InChI=1S/C16H24N4O4/c1-3-17-16(23)19-14(21)11(2)20-7-4-13(5-8-20)18-15(22)12-6-9-24-10-12/h6,9-11,13H,3-5,7-8H2,1-2H3,(H,18,22)(H2,17,19,21,23)/t11-/m0/s1. The van der Waals surface area contributed by atoms with Crippen molar-refractivity contribution in [2.45, 2.75) is 38.8 Å². The summed E-state index contributed by atoms with van der Waals surface area (Å²) in [5.74, 6) is -0.467. The number of carbonyl (C=O) groups is 3. The van der Waals surface area contributed by atoms with Crippen LogP contribution >= 0.6 is 0 Å². The van der Waals surface area contributed by atoms with Gasteiger partial charge in [0.05, 0.1) is 17.9 Å². The number of carbonyl (C=O) groups excluding carboxylic acids is 3. The molecule has 0 saturated carbocycles. The van der Waals surface area contributed by atoms with Crippen LogP contribution in [0.2, 0.25) is 0 Å². The molecule has 2 rings (SSSR count). The Hall–Kier alpha value is -2.35. The van der Waals surface area contributed by atoms with E-state index < -0.39 is 12.1 Å². The van der Waals surface area contributed by atoms with Gasteiger partial charge < -0.3 is 15.1 Å². The Kier molecular flexibility index (Phi) is 6.36. The number of rotatable bonds is 5. The molecule has 1 aromatic rings. The summed E-state index contributed by atoms with van der Waals surface area (Å²) in [6, 6.07) is 0.829. The highest BCUT2D eigenvalue weighted by atomic mass is 16.3. The summed E-state index contributed by atoms with van der Waals surface area (Å²) < 4.78 is 4.90. The third-order valence-corrected chi connectivity index (χ3v) is 4.15. The molecular weight excluding hydrogens is 312 g/mol. The number of likely N-dealkylation sites (tertiary alicyclic amines) is 1. The lowest BCUT2D eigenvalue weighted by Crippen LogP contribution is -2.53. The zero-order chi connectivity index (χ0) is 17.5. The van der Waals surface area contributed by atoms with Crippen LogP contribution in [0.15, 0.2) is 23.0 Å². The van der Waals surface area contributed by atoms with Gasteiger partial charge in [0.2, 0.25) is 5.91 Å². The molecule has 3 N–H and O–H groups in total. The largest absolute Gasteiger partial charge is 0.472 e. The van der Waals surface area contributed by atoms with Gasteiger partial charge in [-0.25, -0.2) is 4.79 Å². The molecule has 24 heavy (non-hydrogen) atoms. The Labute approximate surface area is 140 Å². The molecule has 4 amide bonds. The minimum atomic E-state index is -0.475. The van der Waals surface area contributed by atoms with Crippen LogP contribution in [-0.2, 0) is 4.79 Å². The van der Waals surface area contributed by atoms with E-state index in [4.69, 9.17) is 4.42 Å². The SMILES string of the molecule is CCNC(=O)NC(=O)[C@H](C)N1CCC(NC(=O)c2ccoc2)CC1. The van der Waals surface area contributed by atoms with Crippen molar-refractivity contribution in [1.29, 1.82) is 0 Å². The third-order valence-electron chi connectivity index (χ3n) is 4.15. The van der Waals surface area contributed by atoms with E-state index >= 15 is 0 Å². The number of nitrogens with one attached hydrogen (secondary N) is 3. The Morgan fingerprint density at radius 1 is 1.33 bits per heavy atom. The van der Waals surface area contributed by atoms with Gasteiger partial charge in [0.25, 0.3) is 5.91 Å². The van der Waals surface area contributed by atoms with Crippen LogP contribution in [-0.4, -0.2) is 54.5 Å². The van der Waals surface area contributed by atoms with Gasteiger partial charge in [-0.15, -0.1) is 0 Å². The number of urea groups is 1. The van der Waals surface area contributed by atoms with Gasteiger partial charge in [-0.05, 0) is 32.8 Å².